The summed E-state index contributed by atoms with van der Waals surface area (Å²) < 4.78 is 1.73. The van der Waals surface area contributed by atoms with Crippen LogP contribution in [0, 0.1) is 17.2 Å². The second-order valence-electron chi connectivity index (χ2n) is 7.84. The van der Waals surface area contributed by atoms with Crippen LogP contribution >= 0.6 is 0 Å². The van der Waals surface area contributed by atoms with E-state index in [2.05, 4.69) is 45.0 Å². The fourth-order valence-corrected chi connectivity index (χ4v) is 4.13. The third-order valence-corrected chi connectivity index (χ3v) is 5.72. The number of aromatic nitrogens is 3. The SMILES string of the molecule is C[C@H]1C[C@@H](C(N)=O)N(c2ncn(-c3ccc(N4CCN(CC#N)CC4)cc3)n2)C1. The van der Waals surface area contributed by atoms with E-state index >= 15 is 0 Å². The molecule has 0 saturated carbocycles. The lowest BCUT2D eigenvalue weighted by molar-refractivity contribution is -0.119. The molecule has 3 heterocycles. The molecule has 2 aromatic rings. The summed E-state index contributed by atoms with van der Waals surface area (Å²) in [5.41, 5.74) is 7.63. The molecule has 2 aliphatic heterocycles. The highest BCUT2D eigenvalue weighted by Gasteiger charge is 2.35. The molecular formula is C20H26N8O. The van der Waals surface area contributed by atoms with Gasteiger partial charge in [0.25, 0.3) is 0 Å². The highest BCUT2D eigenvalue weighted by atomic mass is 16.1. The van der Waals surface area contributed by atoms with Gasteiger partial charge in [0.2, 0.25) is 11.9 Å². The van der Waals surface area contributed by atoms with Crippen LogP contribution in [0.4, 0.5) is 11.6 Å². The van der Waals surface area contributed by atoms with Crippen LogP contribution in [0.5, 0.6) is 0 Å². The first kappa shape index (κ1) is 19.2. The molecule has 0 unspecified atom stereocenters. The normalized spacial score (nSPS) is 22.6. The van der Waals surface area contributed by atoms with Gasteiger partial charge in [-0.05, 0) is 36.6 Å². The number of benzene rings is 1. The molecule has 0 aliphatic carbocycles. The molecule has 1 aromatic carbocycles. The lowest BCUT2D eigenvalue weighted by Gasteiger charge is -2.34. The van der Waals surface area contributed by atoms with Gasteiger partial charge in [-0.25, -0.2) is 4.68 Å². The fraction of sp³-hybridized carbons (Fsp3) is 0.500. The predicted molar refractivity (Wildman–Crippen MR) is 110 cm³/mol. The zero-order valence-electron chi connectivity index (χ0n) is 16.6. The first-order valence-electron chi connectivity index (χ1n) is 9.97. The average molecular weight is 394 g/mol. The topological polar surface area (TPSA) is 107 Å². The molecular weight excluding hydrogens is 368 g/mol. The van der Waals surface area contributed by atoms with Crippen LogP contribution in [0.25, 0.3) is 5.69 Å². The Morgan fingerprint density at radius 3 is 2.55 bits per heavy atom. The number of nitrogens with zero attached hydrogens (tertiary/aromatic N) is 7. The number of anilines is 2. The van der Waals surface area contributed by atoms with Gasteiger partial charge in [-0.15, -0.1) is 5.10 Å². The minimum absolute atomic E-state index is 0.329. The molecule has 2 atom stereocenters. The lowest BCUT2D eigenvalue weighted by Crippen LogP contribution is -2.46. The number of amides is 1. The van der Waals surface area contributed by atoms with Crippen molar-refractivity contribution in [2.45, 2.75) is 19.4 Å². The smallest absolute Gasteiger partial charge is 0.245 e. The Morgan fingerprint density at radius 2 is 1.90 bits per heavy atom. The molecule has 9 nitrogen and oxygen atoms in total. The van der Waals surface area contributed by atoms with Crippen LogP contribution in [0.2, 0.25) is 0 Å². The second kappa shape index (κ2) is 8.09. The van der Waals surface area contributed by atoms with Crippen LogP contribution in [-0.2, 0) is 4.79 Å². The van der Waals surface area contributed by atoms with Gasteiger partial charge in [0, 0.05) is 38.4 Å². The third kappa shape index (κ3) is 4.03. The lowest BCUT2D eigenvalue weighted by atomic mass is 10.1. The minimum Gasteiger partial charge on any atom is -0.369 e. The van der Waals surface area contributed by atoms with E-state index in [1.54, 1.807) is 11.0 Å². The molecule has 2 aliphatic rings. The van der Waals surface area contributed by atoms with E-state index in [-0.39, 0.29) is 11.9 Å². The van der Waals surface area contributed by atoms with Gasteiger partial charge >= 0.3 is 0 Å². The maximum absolute atomic E-state index is 11.7. The zero-order chi connectivity index (χ0) is 20.4. The summed E-state index contributed by atoms with van der Waals surface area (Å²) in [5, 5.41) is 13.4. The van der Waals surface area contributed by atoms with Crippen LogP contribution in [0.1, 0.15) is 13.3 Å². The monoisotopic (exact) mass is 394 g/mol. The van der Waals surface area contributed by atoms with E-state index in [0.717, 1.165) is 50.5 Å². The van der Waals surface area contributed by atoms with E-state index in [1.807, 2.05) is 17.0 Å². The van der Waals surface area contributed by atoms with E-state index in [9.17, 15) is 4.79 Å². The molecule has 2 N–H and O–H groups in total. The van der Waals surface area contributed by atoms with Crippen molar-refractivity contribution in [1.82, 2.24) is 19.7 Å². The number of rotatable bonds is 5. The van der Waals surface area contributed by atoms with Gasteiger partial charge in [-0.3, -0.25) is 9.69 Å². The summed E-state index contributed by atoms with van der Waals surface area (Å²) in [7, 11) is 0. The molecule has 2 saturated heterocycles. The van der Waals surface area contributed by atoms with Crippen molar-refractivity contribution < 1.29 is 4.79 Å². The number of hydrogen-bond acceptors (Lipinski definition) is 7. The first-order chi connectivity index (χ1) is 14.0. The van der Waals surface area contributed by atoms with Crippen molar-refractivity contribution in [2.24, 2.45) is 11.7 Å². The Labute approximate surface area is 170 Å². The summed E-state index contributed by atoms with van der Waals surface area (Å²) in [6.45, 7) is 6.95. The maximum atomic E-state index is 11.7. The molecule has 4 rings (SSSR count). The molecule has 2 fully saturated rings. The number of hydrogen-bond donors (Lipinski definition) is 1. The van der Waals surface area contributed by atoms with Crippen LogP contribution in [0.15, 0.2) is 30.6 Å². The molecule has 0 spiro atoms. The van der Waals surface area contributed by atoms with Crippen LogP contribution in [0.3, 0.4) is 0 Å². The van der Waals surface area contributed by atoms with Crippen LogP contribution in [-0.4, -0.2) is 70.9 Å². The predicted octanol–water partition coefficient (Wildman–Crippen LogP) is 0.613. The Morgan fingerprint density at radius 1 is 1.21 bits per heavy atom. The molecule has 0 radical (unpaired) electrons. The van der Waals surface area contributed by atoms with Gasteiger partial charge < -0.3 is 15.5 Å². The largest absolute Gasteiger partial charge is 0.369 e. The second-order valence-corrected chi connectivity index (χ2v) is 7.84. The molecule has 29 heavy (non-hydrogen) atoms. The highest BCUT2D eigenvalue weighted by molar-refractivity contribution is 5.83. The van der Waals surface area contributed by atoms with Crippen molar-refractivity contribution >= 4 is 17.5 Å². The van der Waals surface area contributed by atoms with Crippen molar-refractivity contribution in [3.8, 4) is 11.8 Å². The van der Waals surface area contributed by atoms with Crippen molar-refractivity contribution in [1.29, 1.82) is 5.26 Å². The number of carbonyl (C=O) groups is 1. The van der Waals surface area contributed by atoms with Crippen molar-refractivity contribution in [3.63, 3.8) is 0 Å². The van der Waals surface area contributed by atoms with E-state index in [0.29, 0.717) is 18.4 Å². The molecule has 9 heteroatoms. The number of piperazine rings is 1. The number of carbonyl (C=O) groups excluding carboxylic acids is 1. The van der Waals surface area contributed by atoms with Crippen molar-refractivity contribution in [2.75, 3.05) is 49.1 Å². The Bertz CT molecular complexity index is 894. The Kier molecular flexibility index (Phi) is 5.36. The zero-order valence-corrected chi connectivity index (χ0v) is 16.6. The molecule has 152 valence electrons. The highest BCUT2D eigenvalue weighted by Crippen LogP contribution is 2.27. The summed E-state index contributed by atoms with van der Waals surface area (Å²) in [5.74, 6) is 0.591. The number of nitriles is 1. The van der Waals surface area contributed by atoms with Crippen LogP contribution < -0.4 is 15.5 Å². The molecule has 0 bridgehead atoms. The Balaban J connectivity index is 1.44. The summed E-state index contributed by atoms with van der Waals surface area (Å²) >= 11 is 0. The van der Waals surface area contributed by atoms with E-state index in [1.165, 1.54) is 0 Å². The summed E-state index contributed by atoms with van der Waals surface area (Å²) in [6, 6.07) is 10.1. The van der Waals surface area contributed by atoms with Crippen molar-refractivity contribution in [3.05, 3.63) is 30.6 Å². The van der Waals surface area contributed by atoms with E-state index < -0.39 is 0 Å². The maximum Gasteiger partial charge on any atom is 0.245 e. The van der Waals surface area contributed by atoms with Gasteiger partial charge in [-0.1, -0.05) is 6.92 Å². The standard InChI is InChI=1S/C20H26N8O/c1-15-12-18(19(22)29)27(13-15)20-23-14-28(24-20)17-4-2-16(3-5-17)26-10-8-25(7-6-21)9-11-26/h2-5,14-15,18H,7-13H2,1H3,(H2,22,29)/t15-,18-/m0/s1. The number of nitrogens with two attached hydrogens (primary N) is 1. The summed E-state index contributed by atoms with van der Waals surface area (Å²) in [6.07, 6.45) is 2.41. The van der Waals surface area contributed by atoms with Gasteiger partial charge in [0.05, 0.1) is 18.3 Å². The minimum atomic E-state index is -0.345. The van der Waals surface area contributed by atoms with E-state index in [4.69, 9.17) is 11.0 Å². The first-order valence-corrected chi connectivity index (χ1v) is 9.97. The summed E-state index contributed by atoms with van der Waals surface area (Å²) in [4.78, 5) is 22.5. The van der Waals surface area contributed by atoms with Gasteiger partial charge in [-0.2, -0.15) is 10.2 Å². The molecule has 1 aromatic heterocycles. The quantitative estimate of drug-likeness (QED) is 0.741. The fourth-order valence-electron chi connectivity index (χ4n) is 4.13. The molecule has 1 amide bonds. The average Bonchev–Trinajstić information content (AvgIpc) is 3.36. The van der Waals surface area contributed by atoms with Gasteiger partial charge in [0.1, 0.15) is 12.4 Å². The number of primary amides is 1. The Hall–Kier alpha value is -3.12. The van der Waals surface area contributed by atoms with Gasteiger partial charge in [0.15, 0.2) is 0 Å². The third-order valence-electron chi connectivity index (χ3n) is 5.72.